The molecule has 1 rings (SSSR count). The molecule has 0 saturated heterocycles. The van der Waals surface area contributed by atoms with Gasteiger partial charge in [0, 0.05) is 18.9 Å². The van der Waals surface area contributed by atoms with Crippen molar-refractivity contribution in [2.45, 2.75) is 45.1 Å². The number of carbonyl (C=O) groups is 3. The van der Waals surface area contributed by atoms with Crippen molar-refractivity contribution >= 4 is 17.9 Å². The summed E-state index contributed by atoms with van der Waals surface area (Å²) in [7, 11) is 0. The van der Waals surface area contributed by atoms with Crippen molar-refractivity contribution in [3.8, 4) is 0 Å². The van der Waals surface area contributed by atoms with E-state index < -0.39 is 17.9 Å². The number of imide groups is 1. The predicted octanol–water partition coefficient (Wildman–Crippen LogP) is 0.866. The van der Waals surface area contributed by atoms with Crippen LogP contribution in [0.15, 0.2) is 0 Å². The molecule has 0 bridgehead atoms. The first kappa shape index (κ1) is 13.5. The minimum Gasteiger partial charge on any atom is -0.481 e. The SMILES string of the molecule is CCC1CC1NC(=O)NC(=O)CCCC(=O)O. The Balaban J connectivity index is 2.09. The van der Waals surface area contributed by atoms with Gasteiger partial charge >= 0.3 is 12.0 Å². The topological polar surface area (TPSA) is 95.5 Å². The molecule has 96 valence electrons. The maximum atomic E-state index is 11.3. The average molecular weight is 242 g/mol. The molecule has 17 heavy (non-hydrogen) atoms. The van der Waals surface area contributed by atoms with Crippen molar-refractivity contribution in [1.29, 1.82) is 0 Å². The first-order chi connectivity index (χ1) is 8.02. The monoisotopic (exact) mass is 242 g/mol. The van der Waals surface area contributed by atoms with Gasteiger partial charge in [-0.05, 0) is 18.8 Å². The van der Waals surface area contributed by atoms with Gasteiger partial charge in [-0.2, -0.15) is 0 Å². The molecule has 0 spiro atoms. The van der Waals surface area contributed by atoms with Crippen LogP contribution in [0.2, 0.25) is 0 Å². The number of hydrogen-bond acceptors (Lipinski definition) is 3. The Morgan fingerprint density at radius 3 is 2.53 bits per heavy atom. The van der Waals surface area contributed by atoms with E-state index in [1.807, 2.05) is 0 Å². The van der Waals surface area contributed by atoms with Gasteiger partial charge in [0.25, 0.3) is 0 Å². The molecule has 1 saturated carbocycles. The number of hydrogen-bond donors (Lipinski definition) is 3. The summed E-state index contributed by atoms with van der Waals surface area (Å²) in [5.41, 5.74) is 0. The van der Waals surface area contributed by atoms with E-state index in [9.17, 15) is 14.4 Å². The summed E-state index contributed by atoms with van der Waals surface area (Å²) >= 11 is 0. The molecule has 0 heterocycles. The quantitative estimate of drug-likeness (QED) is 0.643. The van der Waals surface area contributed by atoms with Crippen LogP contribution in [0.3, 0.4) is 0 Å². The molecular formula is C11H18N2O4. The molecule has 1 fully saturated rings. The Labute approximate surface area is 99.8 Å². The summed E-state index contributed by atoms with van der Waals surface area (Å²) in [5.74, 6) is -0.841. The summed E-state index contributed by atoms with van der Waals surface area (Å²) in [6.45, 7) is 2.06. The number of urea groups is 1. The molecular weight excluding hydrogens is 224 g/mol. The summed E-state index contributed by atoms with van der Waals surface area (Å²) < 4.78 is 0. The van der Waals surface area contributed by atoms with Crippen molar-refractivity contribution in [2.24, 2.45) is 5.92 Å². The van der Waals surface area contributed by atoms with E-state index in [0.29, 0.717) is 5.92 Å². The highest BCUT2D eigenvalue weighted by Crippen LogP contribution is 2.32. The summed E-state index contributed by atoms with van der Waals surface area (Å²) in [6, 6.07) is -0.293. The molecule has 0 aromatic rings. The molecule has 0 aliphatic heterocycles. The largest absolute Gasteiger partial charge is 0.481 e. The third-order valence-corrected chi connectivity index (χ3v) is 2.81. The fraction of sp³-hybridized carbons (Fsp3) is 0.727. The van der Waals surface area contributed by atoms with Crippen molar-refractivity contribution in [3.63, 3.8) is 0 Å². The Hall–Kier alpha value is -1.59. The highest BCUT2D eigenvalue weighted by atomic mass is 16.4. The fourth-order valence-corrected chi connectivity index (χ4v) is 1.67. The standard InChI is InChI=1S/C11H18N2O4/c1-2-7-6-8(7)12-11(17)13-9(14)4-3-5-10(15)16/h7-8H,2-6H2,1H3,(H,15,16)(H2,12,13,14,17). The van der Waals surface area contributed by atoms with Gasteiger partial charge in [0.2, 0.25) is 5.91 Å². The lowest BCUT2D eigenvalue weighted by atomic mass is 10.2. The minimum absolute atomic E-state index is 0.0571. The Morgan fingerprint density at radius 2 is 2.00 bits per heavy atom. The van der Waals surface area contributed by atoms with Gasteiger partial charge in [0.1, 0.15) is 0 Å². The molecule has 0 aromatic heterocycles. The smallest absolute Gasteiger partial charge is 0.321 e. The number of amides is 3. The number of carboxylic acid groups (broad SMARTS) is 1. The number of aliphatic carboxylic acids is 1. The maximum absolute atomic E-state index is 11.3. The second kappa shape index (κ2) is 6.22. The van der Waals surface area contributed by atoms with Gasteiger partial charge in [-0.1, -0.05) is 13.3 Å². The predicted molar refractivity (Wildman–Crippen MR) is 60.3 cm³/mol. The van der Waals surface area contributed by atoms with E-state index in [1.54, 1.807) is 0 Å². The first-order valence-electron chi connectivity index (χ1n) is 5.85. The second-order valence-electron chi connectivity index (χ2n) is 4.28. The van der Waals surface area contributed by atoms with E-state index in [4.69, 9.17) is 5.11 Å². The zero-order chi connectivity index (χ0) is 12.8. The van der Waals surface area contributed by atoms with Crippen LogP contribution in [0.4, 0.5) is 4.79 Å². The Bertz CT molecular complexity index is 317. The van der Waals surface area contributed by atoms with E-state index in [0.717, 1.165) is 12.8 Å². The van der Waals surface area contributed by atoms with Crippen LogP contribution in [0.1, 0.15) is 39.0 Å². The highest BCUT2D eigenvalue weighted by molar-refractivity contribution is 5.94. The van der Waals surface area contributed by atoms with Crippen LogP contribution < -0.4 is 10.6 Å². The molecule has 0 aromatic carbocycles. The third-order valence-electron chi connectivity index (χ3n) is 2.81. The van der Waals surface area contributed by atoms with Crippen LogP contribution in [-0.2, 0) is 9.59 Å². The second-order valence-corrected chi connectivity index (χ2v) is 4.28. The molecule has 3 amide bonds. The van der Waals surface area contributed by atoms with Gasteiger partial charge in [-0.15, -0.1) is 0 Å². The molecule has 3 N–H and O–H groups in total. The summed E-state index contributed by atoms with van der Waals surface area (Å²) in [5, 5.41) is 13.3. The van der Waals surface area contributed by atoms with Gasteiger partial charge < -0.3 is 10.4 Å². The van der Waals surface area contributed by atoms with Crippen LogP contribution in [0.5, 0.6) is 0 Å². The lowest BCUT2D eigenvalue weighted by Crippen LogP contribution is -2.40. The lowest BCUT2D eigenvalue weighted by molar-refractivity contribution is -0.137. The van der Waals surface area contributed by atoms with Crippen molar-refractivity contribution in [2.75, 3.05) is 0 Å². The first-order valence-corrected chi connectivity index (χ1v) is 5.85. The minimum atomic E-state index is -0.939. The number of rotatable bonds is 6. The lowest BCUT2D eigenvalue weighted by Gasteiger charge is -2.05. The molecule has 0 radical (unpaired) electrons. The van der Waals surface area contributed by atoms with Crippen LogP contribution in [-0.4, -0.2) is 29.1 Å². The van der Waals surface area contributed by atoms with Crippen molar-refractivity contribution < 1.29 is 19.5 Å². The highest BCUT2D eigenvalue weighted by Gasteiger charge is 2.36. The molecule has 2 unspecified atom stereocenters. The molecule has 2 atom stereocenters. The molecule has 6 nitrogen and oxygen atoms in total. The maximum Gasteiger partial charge on any atom is 0.321 e. The summed E-state index contributed by atoms with van der Waals surface area (Å²) in [4.78, 5) is 32.7. The zero-order valence-corrected chi connectivity index (χ0v) is 9.86. The average Bonchev–Trinajstić information content (AvgIpc) is 2.95. The van der Waals surface area contributed by atoms with Gasteiger partial charge in [-0.25, -0.2) is 4.79 Å². The van der Waals surface area contributed by atoms with Crippen LogP contribution in [0.25, 0.3) is 0 Å². The summed E-state index contributed by atoms with van der Waals surface area (Å²) in [6.07, 6.45) is 2.24. The van der Waals surface area contributed by atoms with E-state index in [-0.39, 0.29) is 25.3 Å². The normalized spacial score (nSPS) is 21.7. The number of carbonyl (C=O) groups excluding carboxylic acids is 2. The number of nitrogens with one attached hydrogen (secondary N) is 2. The van der Waals surface area contributed by atoms with E-state index in [1.165, 1.54) is 0 Å². The van der Waals surface area contributed by atoms with Crippen molar-refractivity contribution in [3.05, 3.63) is 0 Å². The fourth-order valence-electron chi connectivity index (χ4n) is 1.67. The zero-order valence-electron chi connectivity index (χ0n) is 9.86. The number of carboxylic acids is 1. The van der Waals surface area contributed by atoms with Crippen LogP contribution in [0, 0.1) is 5.92 Å². The van der Waals surface area contributed by atoms with Gasteiger partial charge in [0.15, 0.2) is 0 Å². The van der Waals surface area contributed by atoms with Gasteiger partial charge in [-0.3, -0.25) is 14.9 Å². The Morgan fingerprint density at radius 1 is 1.29 bits per heavy atom. The molecule has 6 heteroatoms. The Kier molecular flexibility index (Phi) is 4.93. The molecule has 1 aliphatic rings. The van der Waals surface area contributed by atoms with E-state index in [2.05, 4.69) is 17.6 Å². The van der Waals surface area contributed by atoms with Crippen molar-refractivity contribution in [1.82, 2.24) is 10.6 Å². The molecule has 1 aliphatic carbocycles. The van der Waals surface area contributed by atoms with Gasteiger partial charge in [0.05, 0.1) is 0 Å². The van der Waals surface area contributed by atoms with Crippen LogP contribution >= 0.6 is 0 Å². The third kappa shape index (κ3) is 5.33. The van der Waals surface area contributed by atoms with E-state index >= 15 is 0 Å².